The van der Waals surface area contributed by atoms with Crippen LogP contribution in [-0.4, -0.2) is 72.3 Å². The fourth-order valence-corrected chi connectivity index (χ4v) is 4.28. The molecule has 4 aromatic rings. The predicted octanol–water partition coefficient (Wildman–Crippen LogP) is 3.74. The average molecular weight is 542 g/mol. The lowest BCUT2D eigenvalue weighted by Crippen LogP contribution is -2.50. The Morgan fingerprint density at radius 3 is 2.69 bits per heavy atom. The summed E-state index contributed by atoms with van der Waals surface area (Å²) >= 11 is 3.53. The number of H-pyrrole nitrogens is 1. The smallest absolute Gasteiger partial charge is 0.410 e. The molecule has 1 saturated heterocycles. The number of ether oxygens (including phenoxy) is 1. The SMILES string of the molecule is Cc1ccc2nc(CNc3nc(N4CCN(C(=O)OC(C)(C)C)CC4)nc4c(Br)cnn34)[nH]c2c1. The van der Waals surface area contributed by atoms with E-state index < -0.39 is 5.60 Å². The van der Waals surface area contributed by atoms with Gasteiger partial charge in [-0.05, 0) is 61.3 Å². The molecular weight excluding hydrogens is 514 g/mol. The summed E-state index contributed by atoms with van der Waals surface area (Å²) in [7, 11) is 0. The maximum Gasteiger partial charge on any atom is 0.410 e. The second kappa shape index (κ2) is 8.99. The lowest BCUT2D eigenvalue weighted by molar-refractivity contribution is 0.0240. The van der Waals surface area contributed by atoms with Gasteiger partial charge in [0.25, 0.3) is 0 Å². The number of fused-ring (bicyclic) bond motifs is 2. The van der Waals surface area contributed by atoms with Gasteiger partial charge in [0.05, 0.1) is 28.2 Å². The van der Waals surface area contributed by atoms with E-state index in [4.69, 9.17) is 14.7 Å². The molecule has 11 nitrogen and oxygen atoms in total. The molecule has 35 heavy (non-hydrogen) atoms. The second-order valence-corrected chi connectivity index (χ2v) is 10.4. The Labute approximate surface area is 211 Å². The van der Waals surface area contributed by atoms with Crippen molar-refractivity contribution in [2.75, 3.05) is 36.4 Å². The number of aromatic amines is 1. The molecule has 184 valence electrons. The zero-order valence-corrected chi connectivity index (χ0v) is 21.8. The number of nitrogens with one attached hydrogen (secondary N) is 2. The molecule has 5 rings (SSSR count). The zero-order valence-electron chi connectivity index (χ0n) is 20.2. The van der Waals surface area contributed by atoms with Gasteiger partial charge >= 0.3 is 6.09 Å². The number of carbonyl (C=O) groups excluding carboxylic acids is 1. The molecule has 0 bridgehead atoms. The van der Waals surface area contributed by atoms with Crippen LogP contribution in [0.2, 0.25) is 0 Å². The van der Waals surface area contributed by atoms with Gasteiger partial charge in [-0.2, -0.15) is 19.6 Å². The minimum Gasteiger partial charge on any atom is -0.444 e. The van der Waals surface area contributed by atoms with Crippen molar-refractivity contribution in [3.8, 4) is 0 Å². The third kappa shape index (κ3) is 5.02. The van der Waals surface area contributed by atoms with Gasteiger partial charge in [-0.1, -0.05) is 6.07 Å². The number of imidazole rings is 1. The van der Waals surface area contributed by atoms with Crippen LogP contribution in [0.1, 0.15) is 32.2 Å². The molecule has 3 aromatic heterocycles. The normalized spacial score (nSPS) is 14.7. The first-order chi connectivity index (χ1) is 16.7. The van der Waals surface area contributed by atoms with Crippen LogP contribution in [0.5, 0.6) is 0 Å². The topological polar surface area (TPSA) is 117 Å². The van der Waals surface area contributed by atoms with Crippen molar-refractivity contribution >= 4 is 50.6 Å². The van der Waals surface area contributed by atoms with Crippen LogP contribution in [0, 0.1) is 6.92 Å². The van der Waals surface area contributed by atoms with Crippen molar-refractivity contribution in [2.24, 2.45) is 0 Å². The van der Waals surface area contributed by atoms with Crippen molar-refractivity contribution in [3.63, 3.8) is 0 Å². The number of nitrogens with zero attached hydrogens (tertiary/aromatic N) is 7. The number of aryl methyl sites for hydroxylation is 1. The molecule has 1 aromatic carbocycles. The first-order valence-corrected chi connectivity index (χ1v) is 12.3. The van der Waals surface area contributed by atoms with Gasteiger partial charge in [-0.3, -0.25) is 0 Å². The highest BCUT2D eigenvalue weighted by molar-refractivity contribution is 9.10. The van der Waals surface area contributed by atoms with Gasteiger partial charge in [0.1, 0.15) is 11.4 Å². The quantitative estimate of drug-likeness (QED) is 0.401. The number of halogens is 1. The van der Waals surface area contributed by atoms with E-state index in [2.05, 4.69) is 54.2 Å². The van der Waals surface area contributed by atoms with Crippen molar-refractivity contribution < 1.29 is 9.53 Å². The highest BCUT2D eigenvalue weighted by atomic mass is 79.9. The summed E-state index contributed by atoms with van der Waals surface area (Å²) in [5.41, 5.74) is 3.24. The first kappa shape index (κ1) is 23.3. The van der Waals surface area contributed by atoms with Gasteiger partial charge in [-0.25, -0.2) is 9.78 Å². The van der Waals surface area contributed by atoms with Crippen LogP contribution in [-0.2, 0) is 11.3 Å². The molecule has 0 saturated carbocycles. The van der Waals surface area contributed by atoms with Gasteiger partial charge in [0.2, 0.25) is 11.9 Å². The average Bonchev–Trinajstić information content (AvgIpc) is 3.39. The van der Waals surface area contributed by atoms with E-state index >= 15 is 0 Å². The van der Waals surface area contributed by atoms with E-state index in [0.29, 0.717) is 50.3 Å². The monoisotopic (exact) mass is 541 g/mol. The predicted molar refractivity (Wildman–Crippen MR) is 137 cm³/mol. The van der Waals surface area contributed by atoms with Crippen molar-refractivity contribution in [2.45, 2.75) is 39.8 Å². The fourth-order valence-electron chi connectivity index (χ4n) is 3.93. The molecule has 4 heterocycles. The van der Waals surface area contributed by atoms with Crippen LogP contribution in [0.3, 0.4) is 0 Å². The molecular formula is C23H28BrN9O2. The molecule has 0 spiro atoms. The van der Waals surface area contributed by atoms with Crippen molar-refractivity contribution in [1.82, 2.24) is 34.4 Å². The van der Waals surface area contributed by atoms with E-state index in [0.717, 1.165) is 21.3 Å². The van der Waals surface area contributed by atoms with Crippen molar-refractivity contribution in [3.05, 3.63) is 40.3 Å². The highest BCUT2D eigenvalue weighted by Crippen LogP contribution is 2.23. The zero-order chi connectivity index (χ0) is 24.7. The van der Waals surface area contributed by atoms with Crippen molar-refractivity contribution in [1.29, 1.82) is 0 Å². The number of amides is 1. The fraction of sp³-hybridized carbons (Fsp3) is 0.435. The Hall–Kier alpha value is -3.41. The van der Waals surface area contributed by atoms with Gasteiger partial charge in [0, 0.05) is 26.2 Å². The molecule has 0 atom stereocenters. The van der Waals surface area contributed by atoms with E-state index in [1.807, 2.05) is 32.9 Å². The van der Waals surface area contributed by atoms with E-state index in [1.54, 1.807) is 15.6 Å². The molecule has 0 radical (unpaired) electrons. The number of anilines is 2. The number of hydrogen-bond acceptors (Lipinski definition) is 8. The third-order valence-electron chi connectivity index (χ3n) is 5.63. The number of aromatic nitrogens is 6. The summed E-state index contributed by atoms with van der Waals surface area (Å²) in [4.78, 5) is 33.7. The molecule has 2 N–H and O–H groups in total. The standard InChI is InChI=1S/C23H28BrN9O2/c1-14-5-6-16-17(11-14)28-18(27-16)13-25-20-30-21(29-19-15(24)12-26-33(19)20)31-7-9-32(10-8-31)22(34)35-23(2,3)4/h5-6,11-12H,7-10,13H2,1-4H3,(H,27,28)(H,25,29,30). The third-order valence-corrected chi connectivity index (χ3v) is 6.19. The Morgan fingerprint density at radius 2 is 1.94 bits per heavy atom. The maximum atomic E-state index is 12.4. The number of piperazine rings is 1. The van der Waals surface area contributed by atoms with Gasteiger partial charge in [0.15, 0.2) is 5.65 Å². The molecule has 1 aliphatic heterocycles. The van der Waals surface area contributed by atoms with Crippen LogP contribution in [0.25, 0.3) is 16.7 Å². The van der Waals surface area contributed by atoms with Crippen LogP contribution in [0.15, 0.2) is 28.9 Å². The van der Waals surface area contributed by atoms with Gasteiger partial charge < -0.3 is 24.8 Å². The lowest BCUT2D eigenvalue weighted by atomic mass is 10.2. The van der Waals surface area contributed by atoms with E-state index in [9.17, 15) is 4.79 Å². The largest absolute Gasteiger partial charge is 0.444 e. The summed E-state index contributed by atoms with van der Waals surface area (Å²) < 4.78 is 7.94. The van der Waals surface area contributed by atoms with Gasteiger partial charge in [-0.15, -0.1) is 0 Å². The molecule has 1 amide bonds. The maximum absolute atomic E-state index is 12.4. The summed E-state index contributed by atoms with van der Waals surface area (Å²) in [6.45, 7) is 10.4. The number of benzene rings is 1. The number of rotatable bonds is 4. The van der Waals surface area contributed by atoms with E-state index in [1.165, 1.54) is 5.56 Å². The second-order valence-electron chi connectivity index (χ2n) is 9.59. The molecule has 12 heteroatoms. The minimum absolute atomic E-state index is 0.296. The molecule has 1 aliphatic rings. The molecule has 1 fully saturated rings. The Morgan fingerprint density at radius 1 is 1.17 bits per heavy atom. The summed E-state index contributed by atoms with van der Waals surface area (Å²) in [6.07, 6.45) is 1.40. The van der Waals surface area contributed by atoms with E-state index in [-0.39, 0.29) is 6.09 Å². The number of hydrogen-bond donors (Lipinski definition) is 2. The lowest BCUT2D eigenvalue weighted by Gasteiger charge is -2.35. The summed E-state index contributed by atoms with van der Waals surface area (Å²) in [5.74, 6) is 1.93. The van der Waals surface area contributed by atoms with Crippen LogP contribution in [0.4, 0.5) is 16.7 Å². The Kier molecular flexibility index (Phi) is 5.99. The van der Waals surface area contributed by atoms with Crippen LogP contribution >= 0.6 is 15.9 Å². The van der Waals surface area contributed by atoms with Crippen LogP contribution < -0.4 is 10.2 Å². The summed E-state index contributed by atoms with van der Waals surface area (Å²) in [6, 6.07) is 6.13. The highest BCUT2D eigenvalue weighted by Gasteiger charge is 2.27. The Bertz CT molecular complexity index is 1380. The minimum atomic E-state index is -0.518. The number of carbonyl (C=O) groups is 1. The summed E-state index contributed by atoms with van der Waals surface area (Å²) in [5, 5.41) is 7.75. The first-order valence-electron chi connectivity index (χ1n) is 11.5. The molecule has 0 aliphatic carbocycles. The Balaban J connectivity index is 1.34. The molecule has 0 unspecified atom stereocenters.